The minimum absolute atomic E-state index is 0.267. The van der Waals surface area contributed by atoms with Crippen molar-refractivity contribution < 1.29 is 40.5 Å². The molecule has 0 saturated carbocycles. The molecule has 2 aliphatic carbocycles. The molecule has 0 aliphatic heterocycles. The van der Waals surface area contributed by atoms with Crippen molar-refractivity contribution in [2.45, 2.75) is 230 Å². The van der Waals surface area contributed by atoms with E-state index in [1.807, 2.05) is 12.1 Å². The number of rotatable bonds is 12. The van der Waals surface area contributed by atoms with Crippen molar-refractivity contribution in [3.8, 4) is 5.75 Å². The fourth-order valence-corrected chi connectivity index (χ4v) is 11.8. The molecule has 2 aliphatic rings. The molecule has 0 amide bonds. The van der Waals surface area contributed by atoms with E-state index in [-0.39, 0.29) is 5.41 Å². The van der Waals surface area contributed by atoms with Gasteiger partial charge in [-0.25, -0.2) is 0 Å². The summed E-state index contributed by atoms with van der Waals surface area (Å²) in [6.45, 7) is 43.1. The van der Waals surface area contributed by atoms with Gasteiger partial charge < -0.3 is 40.5 Å². The Kier molecular flexibility index (Phi) is 58.6. The number of methoxy groups -OCH3 is 1. The first-order valence-corrected chi connectivity index (χ1v) is 38.2. The van der Waals surface area contributed by atoms with E-state index in [1.54, 1.807) is 29.4 Å². The summed E-state index contributed by atoms with van der Waals surface area (Å²) in [5.41, 5.74) is 18.0. The predicted molar refractivity (Wildman–Crippen MR) is 457 cm³/mol. The number of aliphatic hydroxyl groups excluding tert-OH is 7. The molecule has 9 aromatic carbocycles. The third kappa shape index (κ3) is 36.3. The second kappa shape index (κ2) is 60.2. The Labute approximate surface area is 636 Å². The van der Waals surface area contributed by atoms with Crippen LogP contribution in [-0.4, -0.2) is 92.6 Å². The molecule has 104 heavy (non-hydrogen) atoms. The van der Waals surface area contributed by atoms with Gasteiger partial charge in [-0.2, -0.15) is 0 Å². The molecular formula is C96H148O8. The number of ether oxygens (including phenoxy) is 1. The molecule has 0 aromatic heterocycles. The van der Waals surface area contributed by atoms with E-state index in [2.05, 4.69) is 320 Å². The Morgan fingerprint density at radius 1 is 0.356 bits per heavy atom. The predicted octanol–water partition coefficient (Wildman–Crippen LogP) is 23.8. The van der Waals surface area contributed by atoms with Crippen LogP contribution in [0.2, 0.25) is 0 Å². The molecule has 0 radical (unpaired) electrons. The zero-order valence-electron chi connectivity index (χ0n) is 70.2. The van der Waals surface area contributed by atoms with Crippen molar-refractivity contribution in [2.75, 3.05) is 56.9 Å². The maximum Gasteiger partial charge on any atom is 0.118 e. The fourth-order valence-electron chi connectivity index (χ4n) is 11.8. The first kappa shape index (κ1) is 101. The lowest BCUT2D eigenvalue weighted by Gasteiger charge is -2.27. The Bertz CT molecular complexity index is 3470. The summed E-state index contributed by atoms with van der Waals surface area (Å²) in [5, 5.41) is 54.4. The zero-order chi connectivity index (χ0) is 79.9. The van der Waals surface area contributed by atoms with Gasteiger partial charge in [0.2, 0.25) is 0 Å². The number of fused-ring (bicyclic) bond motifs is 5. The summed E-state index contributed by atoms with van der Waals surface area (Å²) in [5.74, 6) is 7.63. The molecule has 11 rings (SSSR count). The average Bonchev–Trinajstić information content (AvgIpc) is 0.977. The molecular weight excluding hydrogens is 1280 g/mol. The van der Waals surface area contributed by atoms with Gasteiger partial charge in [-0.3, -0.25) is 0 Å². The van der Waals surface area contributed by atoms with E-state index in [4.69, 9.17) is 40.5 Å². The van der Waals surface area contributed by atoms with Crippen LogP contribution in [0.25, 0.3) is 21.5 Å². The summed E-state index contributed by atoms with van der Waals surface area (Å²) < 4.78 is 5.08. The number of benzene rings is 9. The quantitative estimate of drug-likeness (QED) is 0.0598. The van der Waals surface area contributed by atoms with Gasteiger partial charge in [0, 0.05) is 49.8 Å². The number of aliphatic hydroxyl groups is 7. The van der Waals surface area contributed by atoms with E-state index < -0.39 is 0 Å². The third-order valence-electron chi connectivity index (χ3n) is 20.1. The fraction of sp³-hybridized carbons (Fsp3) is 0.479. The maximum atomic E-state index is 7.00. The van der Waals surface area contributed by atoms with Gasteiger partial charge in [-0.15, -0.1) is 0 Å². The molecule has 0 spiro atoms. The van der Waals surface area contributed by atoms with Gasteiger partial charge in [-0.1, -0.05) is 318 Å². The number of hydrogen-bond donors (Lipinski definition) is 7. The molecule has 8 heteroatoms. The molecule has 0 heterocycles. The van der Waals surface area contributed by atoms with Crippen molar-refractivity contribution in [1.29, 1.82) is 0 Å². The minimum Gasteiger partial charge on any atom is -0.497 e. The first-order chi connectivity index (χ1) is 50.1. The highest BCUT2D eigenvalue weighted by Gasteiger charge is 2.25. The standard InChI is InChI=1S/C18H18.C14H22.C12H16.C12H18.C11H16O.C11H14.C11H16.7CH4O/c1-3-13(2)16-11-10-15-9-8-14-6-4-5-7-17(14)18(15)12-16;1-6-11(2)12-8-7-9-13(10-12)14(3,4)5;1-9-7-11-5-3-4-6-12(11)8-10(9)2;1-4-10(3)12-8-6-7-11(5-2)9-12;1-4-9(2)10-5-7-11(12-3)8-6-10;1-8-7-10-5-3-4-6-11(10)9(8)2;1-4-10(3)11-7-5-9(2)6-8-11;7*1-2/h4-13H,3H2,1-2H3;7-11H,6H2,1-5H3;3-6,9-10H,7-8H2,1-2H3;6-10H,4-5H2,1-3H3;5-9H,4H2,1-3H3;3-6,8-9H,7H2,1-2H3;5-8,10H,4H2,1-3H3;7*2H,1H3. The lowest BCUT2D eigenvalue weighted by molar-refractivity contribution is 0.361. The SMILES string of the molecule is CC1Cc2ccccc2C1C.CC1Cc2ccccc2CC1C.CCC(C)c1ccc(C)cc1.CCC(C)c1ccc(OC)cc1.CCC(C)c1ccc2ccc3ccccc3c2c1.CCC(C)c1cccc(C(C)(C)C)c1.CCc1cccc(C(C)CC)c1.CO.CO.CO.CO.CO.CO.CO. The van der Waals surface area contributed by atoms with Crippen LogP contribution in [0.15, 0.2) is 200 Å². The maximum absolute atomic E-state index is 7.00. The van der Waals surface area contributed by atoms with Gasteiger partial charge in [0.15, 0.2) is 0 Å². The van der Waals surface area contributed by atoms with E-state index in [0.29, 0.717) is 29.6 Å². The largest absolute Gasteiger partial charge is 0.497 e. The Morgan fingerprint density at radius 2 is 0.712 bits per heavy atom. The lowest BCUT2D eigenvalue weighted by atomic mass is 9.78. The molecule has 7 N–H and O–H groups in total. The normalized spacial score (nSPS) is 15.1. The van der Waals surface area contributed by atoms with E-state index in [9.17, 15) is 0 Å². The molecule has 0 fully saturated rings. The van der Waals surface area contributed by atoms with Gasteiger partial charge in [-0.05, 0) is 218 Å². The third-order valence-corrected chi connectivity index (χ3v) is 20.1. The summed E-state index contributed by atoms with van der Waals surface area (Å²) in [7, 11) is 8.69. The van der Waals surface area contributed by atoms with Gasteiger partial charge in [0.05, 0.1) is 7.11 Å². The van der Waals surface area contributed by atoms with E-state index in [1.165, 1.54) is 117 Å². The van der Waals surface area contributed by atoms with E-state index in [0.717, 1.165) is 85.6 Å². The van der Waals surface area contributed by atoms with Crippen molar-refractivity contribution in [3.05, 3.63) is 267 Å². The van der Waals surface area contributed by atoms with Crippen LogP contribution >= 0.6 is 0 Å². The van der Waals surface area contributed by atoms with Crippen LogP contribution in [0.3, 0.4) is 0 Å². The van der Waals surface area contributed by atoms with Crippen molar-refractivity contribution in [1.82, 2.24) is 0 Å². The molecule has 580 valence electrons. The summed E-state index contributed by atoms with van der Waals surface area (Å²) in [4.78, 5) is 0. The highest BCUT2D eigenvalue weighted by molar-refractivity contribution is 6.07. The summed E-state index contributed by atoms with van der Waals surface area (Å²) in [6, 6.07) is 72.7. The molecule has 9 aromatic rings. The average molecular weight is 1430 g/mol. The molecule has 9 unspecified atom stereocenters. The second-order valence-corrected chi connectivity index (χ2v) is 27.8. The number of aryl methyl sites for hydroxylation is 2. The van der Waals surface area contributed by atoms with Gasteiger partial charge in [0.25, 0.3) is 0 Å². The second-order valence-electron chi connectivity index (χ2n) is 27.8. The summed E-state index contributed by atoms with van der Waals surface area (Å²) >= 11 is 0. The first-order valence-electron chi connectivity index (χ1n) is 38.2. The zero-order valence-corrected chi connectivity index (χ0v) is 70.2. The van der Waals surface area contributed by atoms with Crippen LogP contribution < -0.4 is 4.74 Å². The van der Waals surface area contributed by atoms with Crippen LogP contribution in [0.5, 0.6) is 5.75 Å². The Balaban J connectivity index is -0.00000112. The van der Waals surface area contributed by atoms with Gasteiger partial charge >= 0.3 is 0 Å². The van der Waals surface area contributed by atoms with Crippen LogP contribution in [-0.2, 0) is 31.1 Å². The topological polar surface area (TPSA) is 151 Å². The highest BCUT2D eigenvalue weighted by atomic mass is 16.5. The molecule has 8 nitrogen and oxygen atoms in total. The van der Waals surface area contributed by atoms with Crippen LogP contribution in [0.4, 0.5) is 0 Å². The lowest BCUT2D eigenvalue weighted by Crippen LogP contribution is -2.20. The van der Waals surface area contributed by atoms with Crippen molar-refractivity contribution in [2.24, 2.45) is 17.8 Å². The van der Waals surface area contributed by atoms with Gasteiger partial charge in [0.1, 0.15) is 5.75 Å². The van der Waals surface area contributed by atoms with Crippen LogP contribution in [0.1, 0.15) is 259 Å². The minimum atomic E-state index is 0.267. The molecule has 0 bridgehead atoms. The van der Waals surface area contributed by atoms with E-state index >= 15 is 0 Å². The van der Waals surface area contributed by atoms with Crippen molar-refractivity contribution >= 4 is 21.5 Å². The number of hydrogen-bond acceptors (Lipinski definition) is 8. The smallest absolute Gasteiger partial charge is 0.118 e. The van der Waals surface area contributed by atoms with Crippen molar-refractivity contribution in [3.63, 3.8) is 0 Å². The Hall–Kier alpha value is -6.98. The molecule has 9 atom stereocenters. The highest BCUT2D eigenvalue weighted by Crippen LogP contribution is 2.37. The summed E-state index contributed by atoms with van der Waals surface area (Å²) in [6.07, 6.45) is 11.0. The monoisotopic (exact) mass is 1430 g/mol. The molecule has 0 saturated heterocycles. The Morgan fingerprint density at radius 3 is 1.14 bits per heavy atom. The van der Waals surface area contributed by atoms with Crippen LogP contribution in [0, 0.1) is 24.7 Å².